The lowest BCUT2D eigenvalue weighted by Gasteiger charge is -2.17. The van der Waals surface area contributed by atoms with Gasteiger partial charge in [-0.1, -0.05) is 59.3 Å². The minimum Gasteiger partial charge on any atom is -0.211 e. The van der Waals surface area contributed by atoms with Gasteiger partial charge in [0.1, 0.15) is 0 Å². The molecule has 0 radical (unpaired) electrons. The summed E-state index contributed by atoms with van der Waals surface area (Å²) in [5, 5.41) is 0. The van der Waals surface area contributed by atoms with E-state index in [0.717, 1.165) is 12.8 Å². The van der Waals surface area contributed by atoms with Crippen LogP contribution in [0.3, 0.4) is 0 Å². The SMILES string of the molecule is CC(C)(C)CCCCCCCCCC(F)F. The van der Waals surface area contributed by atoms with Crippen LogP contribution in [0.1, 0.15) is 78.6 Å². The molecule has 0 nitrogen and oxygen atoms in total. The van der Waals surface area contributed by atoms with Crippen molar-refractivity contribution in [1.82, 2.24) is 0 Å². The van der Waals surface area contributed by atoms with Gasteiger partial charge in [-0.05, 0) is 18.3 Å². The number of hydrogen-bond donors (Lipinski definition) is 0. The molecule has 0 fully saturated rings. The average Bonchev–Trinajstić information content (AvgIpc) is 2.13. The lowest BCUT2D eigenvalue weighted by molar-refractivity contribution is 0.133. The quantitative estimate of drug-likeness (QED) is 0.442. The molecule has 0 saturated carbocycles. The van der Waals surface area contributed by atoms with E-state index in [-0.39, 0.29) is 6.42 Å². The van der Waals surface area contributed by atoms with Gasteiger partial charge in [0.2, 0.25) is 6.43 Å². The molecule has 0 bridgehead atoms. The fraction of sp³-hybridized carbons (Fsp3) is 1.00. The van der Waals surface area contributed by atoms with Gasteiger partial charge in [-0.3, -0.25) is 0 Å². The number of halogens is 2. The Bertz CT molecular complexity index is 147. The Balaban J connectivity index is 3.05. The van der Waals surface area contributed by atoms with Gasteiger partial charge in [-0.2, -0.15) is 0 Å². The minimum atomic E-state index is -2.10. The van der Waals surface area contributed by atoms with Crippen molar-refractivity contribution in [3.8, 4) is 0 Å². The summed E-state index contributed by atoms with van der Waals surface area (Å²) in [5.41, 5.74) is 0.456. The van der Waals surface area contributed by atoms with E-state index in [0.29, 0.717) is 11.8 Å². The number of alkyl halides is 2. The van der Waals surface area contributed by atoms with Gasteiger partial charge in [-0.15, -0.1) is 0 Å². The summed E-state index contributed by atoms with van der Waals surface area (Å²) in [6.45, 7) is 6.83. The normalized spacial score (nSPS) is 12.4. The maximum absolute atomic E-state index is 11.8. The first-order valence-corrected chi connectivity index (χ1v) is 6.70. The minimum absolute atomic E-state index is 0.0873. The Labute approximate surface area is 99.8 Å². The molecule has 2 heteroatoms. The van der Waals surface area contributed by atoms with Crippen molar-refractivity contribution < 1.29 is 8.78 Å². The van der Waals surface area contributed by atoms with Crippen molar-refractivity contribution in [1.29, 1.82) is 0 Å². The molecule has 0 unspecified atom stereocenters. The maximum Gasteiger partial charge on any atom is 0.238 e. The number of hydrogen-bond acceptors (Lipinski definition) is 0. The first-order chi connectivity index (χ1) is 7.42. The van der Waals surface area contributed by atoms with Crippen LogP contribution < -0.4 is 0 Å². The number of rotatable bonds is 9. The summed E-state index contributed by atoms with van der Waals surface area (Å²) >= 11 is 0. The summed E-state index contributed by atoms with van der Waals surface area (Å²) in [7, 11) is 0. The molecular weight excluding hydrogens is 206 g/mol. The highest BCUT2D eigenvalue weighted by Crippen LogP contribution is 2.22. The molecule has 0 aliphatic carbocycles. The third kappa shape index (κ3) is 13.9. The van der Waals surface area contributed by atoms with E-state index in [1.807, 2.05) is 0 Å². The summed E-state index contributed by atoms with van der Waals surface area (Å²) < 4.78 is 23.6. The van der Waals surface area contributed by atoms with Crippen LogP contribution in [0.2, 0.25) is 0 Å². The third-order valence-corrected chi connectivity index (χ3v) is 2.85. The van der Waals surface area contributed by atoms with Crippen LogP contribution in [0, 0.1) is 5.41 Å². The van der Waals surface area contributed by atoms with Gasteiger partial charge in [0.25, 0.3) is 0 Å². The van der Waals surface area contributed by atoms with E-state index >= 15 is 0 Å². The smallest absolute Gasteiger partial charge is 0.211 e. The van der Waals surface area contributed by atoms with Crippen molar-refractivity contribution in [3.63, 3.8) is 0 Å². The van der Waals surface area contributed by atoms with Crippen molar-refractivity contribution in [2.45, 2.75) is 85.0 Å². The average molecular weight is 234 g/mol. The van der Waals surface area contributed by atoms with Crippen LogP contribution in [-0.2, 0) is 0 Å². The second kappa shape index (κ2) is 8.95. The Morgan fingerprint density at radius 1 is 0.750 bits per heavy atom. The molecule has 0 aromatic rings. The van der Waals surface area contributed by atoms with E-state index in [1.54, 1.807) is 0 Å². The molecule has 0 spiro atoms. The first-order valence-electron chi connectivity index (χ1n) is 6.70. The van der Waals surface area contributed by atoms with Crippen LogP contribution in [0.4, 0.5) is 8.78 Å². The zero-order chi connectivity index (χ0) is 12.4. The van der Waals surface area contributed by atoms with Gasteiger partial charge >= 0.3 is 0 Å². The van der Waals surface area contributed by atoms with E-state index < -0.39 is 6.43 Å². The highest BCUT2D eigenvalue weighted by atomic mass is 19.3. The molecule has 16 heavy (non-hydrogen) atoms. The molecule has 0 atom stereocenters. The fourth-order valence-electron chi connectivity index (χ4n) is 1.84. The molecule has 0 aromatic carbocycles. The zero-order valence-electron chi connectivity index (χ0n) is 11.2. The fourth-order valence-corrected chi connectivity index (χ4v) is 1.84. The van der Waals surface area contributed by atoms with Crippen LogP contribution in [-0.4, -0.2) is 6.43 Å². The van der Waals surface area contributed by atoms with E-state index in [2.05, 4.69) is 20.8 Å². The molecule has 0 saturated heterocycles. The molecule has 0 amide bonds. The van der Waals surface area contributed by atoms with Crippen molar-refractivity contribution >= 4 is 0 Å². The summed E-state index contributed by atoms with van der Waals surface area (Å²) in [6, 6.07) is 0. The molecule has 0 heterocycles. The van der Waals surface area contributed by atoms with Gasteiger partial charge in [0, 0.05) is 6.42 Å². The molecule has 0 aromatic heterocycles. The molecule has 98 valence electrons. The lowest BCUT2D eigenvalue weighted by atomic mass is 9.89. The Morgan fingerprint density at radius 2 is 1.19 bits per heavy atom. The van der Waals surface area contributed by atoms with Crippen molar-refractivity contribution in [2.24, 2.45) is 5.41 Å². The van der Waals surface area contributed by atoms with Crippen LogP contribution in [0.25, 0.3) is 0 Å². The molecular formula is C14H28F2. The van der Waals surface area contributed by atoms with E-state index in [4.69, 9.17) is 0 Å². The predicted octanol–water partition coefficient (Wildman–Crippen LogP) is 5.81. The topological polar surface area (TPSA) is 0 Å². The van der Waals surface area contributed by atoms with E-state index in [9.17, 15) is 8.78 Å². The first kappa shape index (κ1) is 15.9. The monoisotopic (exact) mass is 234 g/mol. The highest BCUT2D eigenvalue weighted by molar-refractivity contribution is 4.61. The molecule has 0 aliphatic heterocycles. The third-order valence-electron chi connectivity index (χ3n) is 2.85. The summed E-state index contributed by atoms with van der Waals surface area (Å²) in [5.74, 6) is 0. The molecule has 0 aliphatic rings. The van der Waals surface area contributed by atoms with Crippen LogP contribution in [0.15, 0.2) is 0 Å². The Kier molecular flexibility index (Phi) is 8.87. The van der Waals surface area contributed by atoms with E-state index in [1.165, 1.54) is 32.1 Å². The Morgan fingerprint density at radius 3 is 1.62 bits per heavy atom. The summed E-state index contributed by atoms with van der Waals surface area (Å²) in [6.07, 6.45) is 7.16. The second-order valence-corrected chi connectivity index (χ2v) is 5.97. The lowest BCUT2D eigenvalue weighted by Crippen LogP contribution is -2.03. The summed E-state index contributed by atoms with van der Waals surface area (Å²) in [4.78, 5) is 0. The zero-order valence-corrected chi connectivity index (χ0v) is 11.2. The van der Waals surface area contributed by atoms with Crippen LogP contribution in [0.5, 0.6) is 0 Å². The van der Waals surface area contributed by atoms with Gasteiger partial charge in [0.15, 0.2) is 0 Å². The van der Waals surface area contributed by atoms with Gasteiger partial charge in [0.05, 0.1) is 0 Å². The van der Waals surface area contributed by atoms with Gasteiger partial charge < -0.3 is 0 Å². The maximum atomic E-state index is 11.8. The number of unbranched alkanes of at least 4 members (excludes halogenated alkanes) is 6. The Hall–Kier alpha value is -0.140. The van der Waals surface area contributed by atoms with Crippen LogP contribution >= 0.6 is 0 Å². The largest absolute Gasteiger partial charge is 0.238 e. The standard InChI is InChI=1S/C14H28F2/c1-14(2,3)12-10-8-6-4-5-7-9-11-13(15)16/h13H,4-12H2,1-3H3. The second-order valence-electron chi connectivity index (χ2n) is 5.97. The van der Waals surface area contributed by atoms with Gasteiger partial charge in [-0.25, -0.2) is 8.78 Å². The molecule has 0 N–H and O–H groups in total. The predicted molar refractivity (Wildman–Crippen MR) is 67.0 cm³/mol. The highest BCUT2D eigenvalue weighted by Gasteiger charge is 2.08. The van der Waals surface area contributed by atoms with Crippen molar-refractivity contribution in [3.05, 3.63) is 0 Å². The van der Waals surface area contributed by atoms with Crippen molar-refractivity contribution in [2.75, 3.05) is 0 Å². The molecule has 0 rings (SSSR count).